The second-order valence-electron chi connectivity index (χ2n) is 3.89. The Labute approximate surface area is 115 Å². The summed E-state index contributed by atoms with van der Waals surface area (Å²) in [6.07, 6.45) is 0.599. The fourth-order valence-corrected chi connectivity index (χ4v) is 2.89. The maximum Gasteiger partial charge on any atom is 0.350 e. The van der Waals surface area contributed by atoms with E-state index in [0.29, 0.717) is 23.6 Å². The molecule has 100 valence electrons. The van der Waals surface area contributed by atoms with Crippen LogP contribution in [0.1, 0.15) is 29.2 Å². The van der Waals surface area contributed by atoms with Crippen LogP contribution in [0.25, 0.3) is 5.69 Å². The van der Waals surface area contributed by atoms with Crippen molar-refractivity contribution in [2.24, 2.45) is 0 Å². The zero-order valence-corrected chi connectivity index (χ0v) is 11.7. The number of hydrogen-bond donors (Lipinski definition) is 0. The first-order valence-corrected chi connectivity index (χ1v) is 6.98. The number of thiazole rings is 1. The highest BCUT2D eigenvalue weighted by molar-refractivity contribution is 7.11. The monoisotopic (exact) mass is 277 g/mol. The summed E-state index contributed by atoms with van der Waals surface area (Å²) in [7, 11) is 0. The van der Waals surface area contributed by atoms with Crippen LogP contribution in [0.15, 0.2) is 35.1 Å². The summed E-state index contributed by atoms with van der Waals surface area (Å²) >= 11 is 0.941. The molecular formula is C14H15NO3S. The van der Waals surface area contributed by atoms with Gasteiger partial charge in [-0.1, -0.05) is 36.5 Å². The molecular weight excluding hydrogens is 262 g/mol. The Morgan fingerprint density at radius 2 is 1.95 bits per heavy atom. The van der Waals surface area contributed by atoms with Gasteiger partial charge in [-0.2, -0.15) is 0 Å². The molecule has 1 aromatic heterocycles. The SMILES string of the molecule is CCOC(=O)c1sc(=O)n(-c2ccccc2)c1CC. The van der Waals surface area contributed by atoms with E-state index >= 15 is 0 Å². The van der Waals surface area contributed by atoms with E-state index in [1.165, 1.54) is 0 Å². The summed E-state index contributed by atoms with van der Waals surface area (Å²) in [5.74, 6) is -0.420. The van der Waals surface area contributed by atoms with E-state index in [1.807, 2.05) is 37.3 Å². The third kappa shape index (κ3) is 2.61. The predicted octanol–water partition coefficient (Wildman–Crippen LogP) is 2.64. The lowest BCUT2D eigenvalue weighted by molar-refractivity contribution is 0.0530. The number of esters is 1. The molecule has 0 bridgehead atoms. The molecule has 4 nitrogen and oxygen atoms in total. The van der Waals surface area contributed by atoms with E-state index in [0.717, 1.165) is 17.0 Å². The predicted molar refractivity (Wildman–Crippen MR) is 75.3 cm³/mol. The summed E-state index contributed by atoms with van der Waals surface area (Å²) in [4.78, 5) is 24.2. The van der Waals surface area contributed by atoms with Crippen molar-refractivity contribution in [3.63, 3.8) is 0 Å². The molecule has 0 radical (unpaired) electrons. The van der Waals surface area contributed by atoms with E-state index in [-0.39, 0.29) is 4.87 Å². The van der Waals surface area contributed by atoms with Crippen LogP contribution in [0, 0.1) is 0 Å². The number of rotatable bonds is 4. The van der Waals surface area contributed by atoms with Gasteiger partial charge in [-0.05, 0) is 25.5 Å². The van der Waals surface area contributed by atoms with Crippen molar-refractivity contribution in [2.75, 3.05) is 6.61 Å². The van der Waals surface area contributed by atoms with Gasteiger partial charge < -0.3 is 4.74 Å². The molecule has 0 saturated heterocycles. The highest BCUT2D eigenvalue weighted by atomic mass is 32.1. The first-order chi connectivity index (χ1) is 9.19. The highest BCUT2D eigenvalue weighted by Crippen LogP contribution is 2.19. The van der Waals surface area contributed by atoms with Crippen LogP contribution in [0.5, 0.6) is 0 Å². The molecule has 19 heavy (non-hydrogen) atoms. The molecule has 0 spiro atoms. The zero-order valence-electron chi connectivity index (χ0n) is 10.9. The van der Waals surface area contributed by atoms with Crippen molar-refractivity contribution >= 4 is 17.3 Å². The molecule has 2 aromatic rings. The Morgan fingerprint density at radius 3 is 2.53 bits per heavy atom. The fourth-order valence-electron chi connectivity index (χ4n) is 1.92. The number of carbonyl (C=O) groups excluding carboxylic acids is 1. The topological polar surface area (TPSA) is 48.3 Å². The Balaban J connectivity index is 2.57. The quantitative estimate of drug-likeness (QED) is 0.807. The first kappa shape index (κ1) is 13.5. The van der Waals surface area contributed by atoms with E-state index in [9.17, 15) is 9.59 Å². The molecule has 0 unspecified atom stereocenters. The lowest BCUT2D eigenvalue weighted by Crippen LogP contribution is -2.14. The van der Waals surface area contributed by atoms with Gasteiger partial charge in [-0.3, -0.25) is 9.36 Å². The van der Waals surface area contributed by atoms with Crippen molar-refractivity contribution in [3.05, 3.63) is 50.6 Å². The van der Waals surface area contributed by atoms with Crippen LogP contribution < -0.4 is 4.87 Å². The summed E-state index contributed by atoms with van der Waals surface area (Å²) in [5, 5.41) is 0. The third-order valence-corrected chi connectivity index (χ3v) is 3.68. The summed E-state index contributed by atoms with van der Waals surface area (Å²) < 4.78 is 6.57. The van der Waals surface area contributed by atoms with Gasteiger partial charge in [0.2, 0.25) is 0 Å². The summed E-state index contributed by atoms with van der Waals surface area (Å²) in [6, 6.07) is 9.31. The lowest BCUT2D eigenvalue weighted by atomic mass is 10.2. The molecule has 0 aliphatic carbocycles. The van der Waals surface area contributed by atoms with Crippen molar-refractivity contribution in [2.45, 2.75) is 20.3 Å². The minimum absolute atomic E-state index is 0.161. The molecule has 0 N–H and O–H groups in total. The van der Waals surface area contributed by atoms with Crippen molar-refractivity contribution in [1.29, 1.82) is 0 Å². The Bertz CT molecular complexity index is 628. The number of benzene rings is 1. The van der Waals surface area contributed by atoms with Gasteiger partial charge in [0.1, 0.15) is 4.88 Å². The minimum Gasteiger partial charge on any atom is -0.462 e. The van der Waals surface area contributed by atoms with E-state index in [4.69, 9.17) is 4.74 Å². The standard InChI is InChI=1S/C14H15NO3S/c1-3-11-12(13(16)18-4-2)19-14(17)15(11)10-8-6-5-7-9-10/h5-9H,3-4H2,1-2H3. The molecule has 0 aliphatic rings. The number of para-hydroxylation sites is 1. The van der Waals surface area contributed by atoms with Crippen LogP contribution in [-0.2, 0) is 11.2 Å². The molecule has 2 rings (SSSR count). The van der Waals surface area contributed by atoms with E-state index < -0.39 is 5.97 Å². The molecule has 0 atom stereocenters. The maximum absolute atomic E-state index is 12.1. The van der Waals surface area contributed by atoms with Gasteiger partial charge in [0.15, 0.2) is 0 Å². The van der Waals surface area contributed by atoms with Gasteiger partial charge in [-0.25, -0.2) is 4.79 Å². The van der Waals surface area contributed by atoms with Gasteiger partial charge in [0.25, 0.3) is 0 Å². The van der Waals surface area contributed by atoms with Gasteiger partial charge >= 0.3 is 10.8 Å². The number of nitrogens with zero attached hydrogens (tertiary/aromatic N) is 1. The van der Waals surface area contributed by atoms with Crippen LogP contribution >= 0.6 is 11.3 Å². The smallest absolute Gasteiger partial charge is 0.350 e. The van der Waals surface area contributed by atoms with Crippen molar-refractivity contribution in [3.8, 4) is 5.69 Å². The van der Waals surface area contributed by atoms with Crippen LogP contribution in [0.3, 0.4) is 0 Å². The lowest BCUT2D eigenvalue weighted by Gasteiger charge is -2.07. The average molecular weight is 277 g/mol. The van der Waals surface area contributed by atoms with Gasteiger partial charge in [0, 0.05) is 5.69 Å². The Morgan fingerprint density at radius 1 is 1.26 bits per heavy atom. The second-order valence-corrected chi connectivity index (χ2v) is 4.85. The molecule has 0 saturated carbocycles. The third-order valence-electron chi connectivity index (χ3n) is 2.71. The maximum atomic E-state index is 12.1. The number of hydrogen-bond acceptors (Lipinski definition) is 4. The molecule has 0 fully saturated rings. The number of aromatic nitrogens is 1. The normalized spacial score (nSPS) is 10.4. The second kappa shape index (κ2) is 5.84. The molecule has 5 heteroatoms. The van der Waals surface area contributed by atoms with Crippen LogP contribution in [0.4, 0.5) is 0 Å². The van der Waals surface area contributed by atoms with Crippen LogP contribution in [-0.4, -0.2) is 17.1 Å². The molecule has 0 aliphatic heterocycles. The van der Waals surface area contributed by atoms with Crippen LogP contribution in [0.2, 0.25) is 0 Å². The Hall–Kier alpha value is -1.88. The largest absolute Gasteiger partial charge is 0.462 e. The molecule has 0 amide bonds. The zero-order chi connectivity index (χ0) is 13.8. The minimum atomic E-state index is -0.420. The molecule has 1 heterocycles. The van der Waals surface area contributed by atoms with E-state index in [1.54, 1.807) is 11.5 Å². The van der Waals surface area contributed by atoms with Gasteiger partial charge in [0.05, 0.1) is 12.3 Å². The summed E-state index contributed by atoms with van der Waals surface area (Å²) in [5.41, 5.74) is 1.48. The van der Waals surface area contributed by atoms with Crippen molar-refractivity contribution < 1.29 is 9.53 Å². The number of ether oxygens (including phenoxy) is 1. The first-order valence-electron chi connectivity index (χ1n) is 6.16. The van der Waals surface area contributed by atoms with E-state index in [2.05, 4.69) is 0 Å². The highest BCUT2D eigenvalue weighted by Gasteiger charge is 2.21. The number of carbonyl (C=O) groups is 1. The van der Waals surface area contributed by atoms with Crippen molar-refractivity contribution in [1.82, 2.24) is 4.57 Å². The summed E-state index contributed by atoms with van der Waals surface area (Å²) in [6.45, 7) is 3.98. The molecule has 1 aromatic carbocycles. The Kier molecular flexibility index (Phi) is 4.16. The fraction of sp³-hybridized carbons (Fsp3) is 0.286. The average Bonchev–Trinajstić information content (AvgIpc) is 2.77. The van der Waals surface area contributed by atoms with Gasteiger partial charge in [-0.15, -0.1) is 0 Å².